The highest BCUT2D eigenvalue weighted by molar-refractivity contribution is 8.80. The van der Waals surface area contributed by atoms with Gasteiger partial charge >= 0.3 is 0 Å². The molecule has 260 valence electrons. The predicted molar refractivity (Wildman–Crippen MR) is 290 cm³/mol. The normalized spacial score (nSPS) is 8.60. The van der Waals surface area contributed by atoms with Crippen LogP contribution in [0.15, 0.2) is 12.3 Å². The summed E-state index contributed by atoms with van der Waals surface area (Å²) in [7, 11) is 52.8. The maximum absolute atomic E-state index is 6.81. The first-order valence-electron chi connectivity index (χ1n) is 9.15. The highest BCUT2D eigenvalue weighted by atomic mass is 35.5. The Kier molecular flexibility index (Phi) is 44.9. The molecule has 1 rings (SSSR count). The van der Waals surface area contributed by atoms with Crippen molar-refractivity contribution in [2.45, 2.75) is 26.2 Å². The summed E-state index contributed by atoms with van der Waals surface area (Å²) >= 11 is 15.5. The van der Waals surface area contributed by atoms with E-state index in [-0.39, 0.29) is 5.41 Å². The minimum Gasteiger partial charge on any atom is -0.272 e. The highest BCUT2D eigenvalue weighted by Gasteiger charge is 2.16. The van der Waals surface area contributed by atoms with Crippen LogP contribution in [0.2, 0.25) is 5.02 Å². The van der Waals surface area contributed by atoms with Crippen LogP contribution in [0.3, 0.4) is 0 Å². The van der Waals surface area contributed by atoms with E-state index in [1.54, 1.807) is 113 Å². The van der Waals surface area contributed by atoms with Crippen LogP contribution < -0.4 is 0 Å². The van der Waals surface area contributed by atoms with Crippen molar-refractivity contribution in [1.29, 1.82) is 0 Å². The average molecular weight is 1220 g/mol. The van der Waals surface area contributed by atoms with Gasteiger partial charge in [-0.25, -0.2) is 4.85 Å². The number of nitrogens with zero attached hydrogens (tertiary/aromatic N) is 2. The van der Waals surface area contributed by atoms with Crippen LogP contribution in [0.1, 0.15) is 26.5 Å². The van der Waals surface area contributed by atoms with Gasteiger partial charge in [0.25, 0.3) is 0 Å². The van der Waals surface area contributed by atoms with Crippen LogP contribution in [-0.4, -0.2) is 4.98 Å². The minimum atomic E-state index is -0.0236. The predicted octanol–water partition coefficient (Wildman–Crippen LogP) is 3.51. The zero-order valence-corrected chi connectivity index (χ0v) is 47.9. The van der Waals surface area contributed by atoms with Gasteiger partial charge in [0, 0.05) is 306 Å². The van der Waals surface area contributed by atoms with Crippen LogP contribution in [-0.2, 0) is 294 Å². The standard InChI is InChI=1S/C10H11ClN2.S32/c1-10(2,3)9-5-7(11)8(12-4)6-13-9;1-3-5-7-9-11-13-15-17-19-21-23-25-27-29-31-32-30-28-26-24-22-20-18-16-14-12-10-8-6-4-2/h5-6H,1-3H3;. The van der Waals surface area contributed by atoms with Crippen LogP contribution >= 0.6 is 11.6 Å². The molecule has 45 heavy (non-hydrogen) atoms. The molecule has 1 aromatic heterocycles. The SMILES string of the molecule is S=S=S=S=S=S=S=S=S=S=S=S=S=S=S=S=S=S=S=S=S=S=S=S=S=S=S=S=S=S=S=S.[C-]#[N+]c1cnc(C(C)(C)C)cc1Cl. The number of hydrogen-bond acceptors (Lipinski definition) is 3. The van der Waals surface area contributed by atoms with Gasteiger partial charge in [-0.05, 0) is 6.07 Å². The molecule has 0 fully saturated rings. The Morgan fingerprint density at radius 1 is 0.533 bits per heavy atom. The number of pyridine rings is 1. The quantitative estimate of drug-likeness (QED) is 0.371. The van der Waals surface area contributed by atoms with Gasteiger partial charge < -0.3 is 0 Å². The molecule has 0 atom stereocenters. The van der Waals surface area contributed by atoms with Gasteiger partial charge in [0.15, 0.2) is 0 Å². The molecule has 2 nitrogen and oxygen atoms in total. The lowest BCUT2D eigenvalue weighted by Crippen LogP contribution is -2.12. The van der Waals surface area contributed by atoms with Crippen molar-refractivity contribution in [2.24, 2.45) is 0 Å². The van der Waals surface area contributed by atoms with Crippen molar-refractivity contribution in [3.63, 3.8) is 0 Å². The Morgan fingerprint density at radius 2 is 0.778 bits per heavy atom. The summed E-state index contributed by atoms with van der Waals surface area (Å²) in [6, 6.07) is 1.76. The summed E-state index contributed by atoms with van der Waals surface area (Å²) in [5, 5.41) is 0.481. The molecule has 0 saturated carbocycles. The van der Waals surface area contributed by atoms with Crippen molar-refractivity contribution in [3.8, 4) is 0 Å². The van der Waals surface area contributed by atoms with Crippen LogP contribution in [0.25, 0.3) is 4.85 Å². The van der Waals surface area contributed by atoms with Crippen LogP contribution in [0.4, 0.5) is 5.69 Å². The number of hydrogen-bond donors (Lipinski definition) is 0. The lowest BCUT2D eigenvalue weighted by molar-refractivity contribution is 0.569. The summed E-state index contributed by atoms with van der Waals surface area (Å²) in [6.45, 7) is 13.0. The van der Waals surface area contributed by atoms with Crippen LogP contribution in [0, 0.1) is 6.57 Å². The Labute approximate surface area is 362 Å². The molecule has 35 heteroatoms. The molecule has 0 saturated heterocycles. The topological polar surface area (TPSA) is 17.2 Å². The molecule has 0 amide bonds. The molecule has 0 spiro atoms. The number of rotatable bonds is 0. The fraction of sp³-hybridized carbons (Fsp3) is 0.400. The molecule has 0 bridgehead atoms. The van der Waals surface area contributed by atoms with E-state index in [0.29, 0.717) is 10.7 Å². The van der Waals surface area contributed by atoms with Crippen molar-refractivity contribution in [2.75, 3.05) is 0 Å². The van der Waals surface area contributed by atoms with E-state index in [0.717, 1.165) is 5.69 Å². The molecule has 0 unspecified atom stereocenters. The molecule has 0 radical (unpaired) electrons. The van der Waals surface area contributed by atoms with E-state index in [9.17, 15) is 0 Å². The van der Waals surface area contributed by atoms with Crippen molar-refractivity contribution in [1.82, 2.24) is 4.98 Å². The van der Waals surface area contributed by atoms with Gasteiger partial charge in [0.05, 0.1) is 11.6 Å². The van der Waals surface area contributed by atoms with Gasteiger partial charge in [0.1, 0.15) is 0 Å². The molecule has 0 aliphatic carbocycles. The monoisotopic (exact) mass is 1220 g/mol. The Bertz CT molecular complexity index is 2460. The first-order valence-corrected chi connectivity index (χ1v) is 50.9. The summed E-state index contributed by atoms with van der Waals surface area (Å²) in [4.78, 5) is 7.43. The Morgan fingerprint density at radius 3 is 0.956 bits per heavy atom. The molecule has 0 aliphatic rings. The summed E-state index contributed by atoms with van der Waals surface area (Å²) < 4.78 is 0. The summed E-state index contributed by atoms with van der Waals surface area (Å²) in [5.74, 6) is 0. The van der Waals surface area contributed by atoms with E-state index in [4.69, 9.17) is 40.5 Å². The fourth-order valence-corrected chi connectivity index (χ4v) is 78.3. The number of aromatic nitrogens is 1. The Hall–Kier alpha value is 5.97. The maximum atomic E-state index is 6.81. The molecule has 0 aromatic carbocycles. The zero-order chi connectivity index (χ0) is 33.3. The summed E-state index contributed by atoms with van der Waals surface area (Å²) in [6.07, 6.45) is 1.52. The Balaban J connectivity index is 0.00000123. The molecule has 0 N–H and O–H groups in total. The van der Waals surface area contributed by atoms with E-state index in [1.807, 2.05) is 142 Å². The second kappa shape index (κ2) is 39.7. The number of halogens is 1. The molecule has 1 heterocycles. The maximum Gasteiger partial charge on any atom is 0.223 e. The van der Waals surface area contributed by atoms with Crippen molar-refractivity contribution < 1.29 is 0 Å². The average Bonchev–Trinajstić information content (AvgIpc) is 3.02. The van der Waals surface area contributed by atoms with E-state index in [1.165, 1.54) is 24.0 Å². The third-order valence-electron chi connectivity index (χ3n) is 2.53. The molecule has 1 aromatic rings. The van der Waals surface area contributed by atoms with Gasteiger partial charge in [-0.3, -0.25) is 4.98 Å². The lowest BCUT2D eigenvalue weighted by Gasteiger charge is -2.17. The highest BCUT2D eigenvalue weighted by Crippen LogP contribution is 2.28. The van der Waals surface area contributed by atoms with Gasteiger partial charge in [-0.1, -0.05) is 32.4 Å². The zero-order valence-electron chi connectivity index (χ0n) is 21.0. The second-order valence-electron chi connectivity index (χ2n) is 5.92. The smallest absolute Gasteiger partial charge is 0.223 e. The second-order valence-corrected chi connectivity index (χ2v) is 59.4. The molecular formula is C10H11ClN2S32. The molecule has 0 aliphatic heterocycles. The first kappa shape index (κ1) is 51.0. The lowest BCUT2D eigenvalue weighted by atomic mass is 9.92. The first-order chi connectivity index (χ1) is 21.9. The largest absolute Gasteiger partial charge is 0.272 e. The van der Waals surface area contributed by atoms with Crippen LogP contribution in [0.5, 0.6) is 0 Å². The van der Waals surface area contributed by atoms with E-state index in [2.05, 4.69) is 30.6 Å². The van der Waals surface area contributed by atoms with Gasteiger partial charge in [-0.15, -0.1) is 0 Å². The third-order valence-corrected chi connectivity index (χ3v) is 67.3. The molecular weight excluding hydrogens is 1210 g/mol. The van der Waals surface area contributed by atoms with Crippen molar-refractivity contribution >= 4 is 306 Å². The van der Waals surface area contributed by atoms with Gasteiger partial charge in [0.2, 0.25) is 5.69 Å². The fourth-order valence-electron chi connectivity index (χ4n) is 1.23. The summed E-state index contributed by atoms with van der Waals surface area (Å²) in [5.41, 5.74) is 1.30. The van der Waals surface area contributed by atoms with Gasteiger partial charge in [-0.2, -0.15) is 0 Å². The van der Waals surface area contributed by atoms with E-state index >= 15 is 0 Å². The minimum absolute atomic E-state index is 0.0236. The van der Waals surface area contributed by atoms with Crippen molar-refractivity contribution in [3.05, 3.63) is 34.4 Å². The van der Waals surface area contributed by atoms with E-state index < -0.39 is 0 Å². The third kappa shape index (κ3) is 36.7.